The Morgan fingerprint density at radius 1 is 1.03 bits per heavy atom. The summed E-state index contributed by atoms with van der Waals surface area (Å²) >= 11 is 0. The number of benzene rings is 2. The number of carbonyl (C=O) groups excluding carboxylic acids is 2. The van der Waals surface area contributed by atoms with Crippen LogP contribution in [0.4, 0.5) is 5.69 Å². The Hall–Kier alpha value is -3.76. The van der Waals surface area contributed by atoms with Gasteiger partial charge in [0.15, 0.2) is 0 Å². The zero-order valence-electron chi connectivity index (χ0n) is 19.1. The number of carbonyl (C=O) groups is 2. The summed E-state index contributed by atoms with van der Waals surface area (Å²) in [5.41, 5.74) is 7.17. The number of rotatable bonds is 9. The van der Waals surface area contributed by atoms with Crippen molar-refractivity contribution in [1.29, 1.82) is 0 Å². The van der Waals surface area contributed by atoms with Crippen molar-refractivity contribution in [2.45, 2.75) is 13.0 Å². The first-order valence-corrected chi connectivity index (χ1v) is 11.1. The molecule has 0 aliphatic carbocycles. The molecule has 1 aromatic heterocycles. The van der Waals surface area contributed by atoms with Crippen LogP contribution >= 0.6 is 0 Å². The lowest BCUT2D eigenvalue weighted by atomic mass is 10.2. The van der Waals surface area contributed by atoms with Gasteiger partial charge in [0.1, 0.15) is 5.75 Å². The number of nitrogens with one attached hydrogen (secondary N) is 1. The molecule has 2 amide bonds. The fraction of sp³-hybridized carbons (Fsp3) is 0.333. The summed E-state index contributed by atoms with van der Waals surface area (Å²) in [4.78, 5) is 32.4. The van der Waals surface area contributed by atoms with Gasteiger partial charge in [0.05, 0.1) is 13.7 Å². The Bertz CT molecular complexity index is 1110. The largest absolute Gasteiger partial charge is 0.497 e. The molecule has 0 atom stereocenters. The molecule has 0 unspecified atom stereocenters. The van der Waals surface area contributed by atoms with E-state index in [1.54, 1.807) is 31.4 Å². The van der Waals surface area contributed by atoms with E-state index in [0.29, 0.717) is 42.5 Å². The fourth-order valence-electron chi connectivity index (χ4n) is 3.74. The minimum Gasteiger partial charge on any atom is -0.497 e. The van der Waals surface area contributed by atoms with Crippen LogP contribution in [-0.2, 0) is 11.3 Å². The average molecular weight is 465 g/mol. The van der Waals surface area contributed by atoms with Gasteiger partial charge in [-0.1, -0.05) is 5.16 Å². The summed E-state index contributed by atoms with van der Waals surface area (Å²) in [6, 6.07) is 14.1. The SMILES string of the molecule is COc1ccc(-c2noc(CN3CCN(CCC(=O)Nc4ccc(C(N)=O)cc4)CC3)n2)cc1. The maximum Gasteiger partial charge on any atom is 0.248 e. The standard InChI is InChI=1S/C24H28N6O4/c1-33-20-8-4-18(5-9-20)24-27-22(34-28-24)16-30-14-12-29(13-15-30)11-10-21(31)26-19-6-2-17(3-7-19)23(25)32/h2-9H,10-16H2,1H3,(H2,25,32)(H,26,31). The highest BCUT2D eigenvalue weighted by Gasteiger charge is 2.20. The number of ether oxygens (including phenoxy) is 1. The van der Waals surface area contributed by atoms with Crippen LogP contribution < -0.4 is 15.8 Å². The maximum absolute atomic E-state index is 12.3. The topological polar surface area (TPSA) is 127 Å². The van der Waals surface area contributed by atoms with Crippen molar-refractivity contribution in [3.63, 3.8) is 0 Å². The molecular weight excluding hydrogens is 436 g/mol. The van der Waals surface area contributed by atoms with Gasteiger partial charge in [0.25, 0.3) is 0 Å². The van der Waals surface area contributed by atoms with Crippen molar-refractivity contribution in [3.05, 3.63) is 60.0 Å². The van der Waals surface area contributed by atoms with Crippen molar-refractivity contribution in [2.75, 3.05) is 45.2 Å². The van der Waals surface area contributed by atoms with E-state index < -0.39 is 5.91 Å². The Morgan fingerprint density at radius 2 is 1.71 bits per heavy atom. The van der Waals surface area contributed by atoms with Crippen LogP contribution in [0, 0.1) is 0 Å². The maximum atomic E-state index is 12.3. The molecule has 0 radical (unpaired) electrons. The third kappa shape index (κ3) is 6.18. The highest BCUT2D eigenvalue weighted by atomic mass is 16.5. The molecule has 10 nitrogen and oxygen atoms in total. The molecular formula is C24H28N6O4. The van der Waals surface area contributed by atoms with Gasteiger partial charge < -0.3 is 25.2 Å². The van der Waals surface area contributed by atoms with Gasteiger partial charge >= 0.3 is 0 Å². The van der Waals surface area contributed by atoms with Gasteiger partial charge in [-0.3, -0.25) is 14.5 Å². The quantitative estimate of drug-likeness (QED) is 0.492. The summed E-state index contributed by atoms with van der Waals surface area (Å²) in [7, 11) is 1.63. The molecule has 2 aromatic carbocycles. The molecule has 10 heteroatoms. The second-order valence-electron chi connectivity index (χ2n) is 8.10. The Labute approximate surface area is 197 Å². The highest BCUT2D eigenvalue weighted by molar-refractivity contribution is 5.94. The van der Waals surface area contributed by atoms with Gasteiger partial charge in [-0.05, 0) is 48.5 Å². The van der Waals surface area contributed by atoms with Crippen LogP contribution in [-0.4, -0.2) is 71.6 Å². The molecule has 1 aliphatic rings. The number of amides is 2. The van der Waals surface area contributed by atoms with Crippen LogP contribution in [0.15, 0.2) is 53.1 Å². The van der Waals surface area contributed by atoms with E-state index in [1.807, 2.05) is 24.3 Å². The summed E-state index contributed by atoms with van der Waals surface area (Å²) in [5, 5.41) is 6.94. The molecule has 0 bridgehead atoms. The van der Waals surface area contributed by atoms with E-state index in [9.17, 15) is 9.59 Å². The van der Waals surface area contributed by atoms with E-state index in [4.69, 9.17) is 15.0 Å². The molecule has 0 spiro atoms. The number of nitrogens with zero attached hydrogens (tertiary/aromatic N) is 4. The molecule has 2 heterocycles. The number of hydrogen-bond acceptors (Lipinski definition) is 8. The number of primary amides is 1. The zero-order valence-corrected chi connectivity index (χ0v) is 19.1. The normalized spacial score (nSPS) is 14.6. The lowest BCUT2D eigenvalue weighted by molar-refractivity contribution is -0.116. The van der Waals surface area contributed by atoms with E-state index in [1.165, 1.54) is 0 Å². The van der Waals surface area contributed by atoms with E-state index in [2.05, 4.69) is 25.3 Å². The van der Waals surface area contributed by atoms with Crippen molar-refractivity contribution < 1.29 is 18.8 Å². The molecule has 1 fully saturated rings. The number of methoxy groups -OCH3 is 1. The lowest BCUT2D eigenvalue weighted by Gasteiger charge is -2.33. The number of nitrogens with two attached hydrogens (primary N) is 1. The Balaban J connectivity index is 1.18. The molecule has 3 aromatic rings. The predicted octanol–water partition coefficient (Wildman–Crippen LogP) is 1.99. The van der Waals surface area contributed by atoms with Gasteiger partial charge in [-0.15, -0.1) is 0 Å². The molecule has 178 valence electrons. The number of hydrogen-bond donors (Lipinski definition) is 2. The van der Waals surface area contributed by atoms with Crippen molar-refractivity contribution >= 4 is 17.5 Å². The number of piperazine rings is 1. The smallest absolute Gasteiger partial charge is 0.248 e. The van der Waals surface area contributed by atoms with Crippen LogP contribution in [0.1, 0.15) is 22.7 Å². The molecule has 0 saturated carbocycles. The lowest BCUT2D eigenvalue weighted by Crippen LogP contribution is -2.46. The molecule has 34 heavy (non-hydrogen) atoms. The third-order valence-corrected chi connectivity index (χ3v) is 5.75. The average Bonchev–Trinajstić information content (AvgIpc) is 3.32. The second kappa shape index (κ2) is 10.9. The van der Waals surface area contributed by atoms with Crippen molar-refractivity contribution in [2.24, 2.45) is 5.73 Å². The predicted molar refractivity (Wildman–Crippen MR) is 126 cm³/mol. The summed E-state index contributed by atoms with van der Waals surface area (Å²) in [6.45, 7) is 4.72. The minimum absolute atomic E-state index is 0.0637. The summed E-state index contributed by atoms with van der Waals surface area (Å²) < 4.78 is 10.6. The highest BCUT2D eigenvalue weighted by Crippen LogP contribution is 2.20. The van der Waals surface area contributed by atoms with Gasteiger partial charge in [0, 0.05) is 56.0 Å². The Kier molecular flexibility index (Phi) is 7.51. The van der Waals surface area contributed by atoms with E-state index in [-0.39, 0.29) is 5.91 Å². The van der Waals surface area contributed by atoms with E-state index >= 15 is 0 Å². The molecule has 3 N–H and O–H groups in total. The minimum atomic E-state index is -0.492. The fourth-order valence-corrected chi connectivity index (χ4v) is 3.74. The molecule has 1 aliphatic heterocycles. The van der Waals surface area contributed by atoms with Crippen molar-refractivity contribution in [1.82, 2.24) is 19.9 Å². The molecule has 1 saturated heterocycles. The van der Waals surface area contributed by atoms with Crippen LogP contribution in [0.2, 0.25) is 0 Å². The number of aromatic nitrogens is 2. The van der Waals surface area contributed by atoms with Crippen LogP contribution in [0.5, 0.6) is 5.75 Å². The van der Waals surface area contributed by atoms with Gasteiger partial charge in [0.2, 0.25) is 23.5 Å². The van der Waals surface area contributed by atoms with Crippen molar-refractivity contribution in [3.8, 4) is 17.1 Å². The van der Waals surface area contributed by atoms with Gasteiger partial charge in [-0.25, -0.2) is 0 Å². The second-order valence-corrected chi connectivity index (χ2v) is 8.10. The first-order chi connectivity index (χ1) is 16.5. The first kappa shape index (κ1) is 23.4. The zero-order chi connectivity index (χ0) is 23.9. The van der Waals surface area contributed by atoms with Gasteiger partial charge in [-0.2, -0.15) is 4.98 Å². The van der Waals surface area contributed by atoms with Crippen LogP contribution in [0.25, 0.3) is 11.4 Å². The third-order valence-electron chi connectivity index (χ3n) is 5.75. The summed E-state index contributed by atoms with van der Waals surface area (Å²) in [5.74, 6) is 1.37. The first-order valence-electron chi connectivity index (χ1n) is 11.1. The molecule has 4 rings (SSSR count). The van der Waals surface area contributed by atoms with Crippen LogP contribution in [0.3, 0.4) is 0 Å². The monoisotopic (exact) mass is 464 g/mol. The summed E-state index contributed by atoms with van der Waals surface area (Å²) in [6.07, 6.45) is 0.395. The van der Waals surface area contributed by atoms with E-state index in [0.717, 1.165) is 37.5 Å². The Morgan fingerprint density at radius 3 is 2.35 bits per heavy atom. The number of anilines is 1.